The lowest BCUT2D eigenvalue weighted by Gasteiger charge is -2.28. The highest BCUT2D eigenvalue weighted by Gasteiger charge is 2.26. The minimum Gasteiger partial charge on any atom is -0.457 e. The number of nitrogens with zero attached hydrogens (tertiary/aromatic N) is 6. The highest BCUT2D eigenvalue weighted by molar-refractivity contribution is 5.98. The van der Waals surface area contributed by atoms with E-state index in [-0.39, 0.29) is 0 Å². The summed E-state index contributed by atoms with van der Waals surface area (Å²) in [5, 5.41) is 13.6. The Morgan fingerprint density at radius 3 is 2.03 bits per heavy atom. The number of amidine groups is 2. The smallest absolute Gasteiger partial charge is 0.129 e. The van der Waals surface area contributed by atoms with Gasteiger partial charge >= 0.3 is 0 Å². The fourth-order valence-corrected chi connectivity index (χ4v) is 4.86. The monoisotopic (exact) mass is 490 g/mol. The number of hydrazone groups is 2. The summed E-state index contributed by atoms with van der Waals surface area (Å²) in [6, 6.07) is 26.8. The number of hydrogen-bond acceptors (Lipinski definition) is 7. The molecule has 3 aliphatic rings. The summed E-state index contributed by atoms with van der Waals surface area (Å²) in [5.41, 5.74) is 3.12. The molecule has 0 saturated heterocycles. The van der Waals surface area contributed by atoms with Crippen molar-refractivity contribution in [2.24, 2.45) is 10.2 Å². The molecular formula is C30H30N6O. The summed E-state index contributed by atoms with van der Waals surface area (Å²) in [6.45, 7) is 5.48. The van der Waals surface area contributed by atoms with Crippen molar-refractivity contribution in [2.45, 2.75) is 26.3 Å². The summed E-state index contributed by atoms with van der Waals surface area (Å²) < 4.78 is 6.29. The maximum atomic E-state index is 6.29. The van der Waals surface area contributed by atoms with Crippen molar-refractivity contribution < 1.29 is 4.74 Å². The third-order valence-electron chi connectivity index (χ3n) is 6.79. The molecule has 37 heavy (non-hydrogen) atoms. The van der Waals surface area contributed by atoms with E-state index in [0.29, 0.717) is 12.7 Å². The van der Waals surface area contributed by atoms with Gasteiger partial charge < -0.3 is 14.5 Å². The summed E-state index contributed by atoms with van der Waals surface area (Å²) in [4.78, 5) is 4.52. The molecule has 0 bridgehead atoms. The lowest BCUT2D eigenvalue weighted by Crippen LogP contribution is -2.38. The van der Waals surface area contributed by atoms with Crippen LogP contribution < -0.4 is 19.7 Å². The van der Waals surface area contributed by atoms with E-state index in [1.54, 1.807) is 0 Å². The van der Waals surface area contributed by atoms with Gasteiger partial charge in [0.15, 0.2) is 0 Å². The standard InChI is InChI=1S/C30H30N6O/c1-23-31-35(21-33(23)25-11-5-3-6-12-25)27-15-9-17-29(19-27)37-30-18-10-16-28(20-30)36-22-34(24(2)32-36)26-13-7-4-8-14-26/h3-13,15-20,26H,14,21-22H2,1-2H3/t26-/m1/s1. The Labute approximate surface area is 217 Å². The first kappa shape index (κ1) is 22.9. The lowest BCUT2D eigenvalue weighted by atomic mass is 10.1. The van der Waals surface area contributed by atoms with Gasteiger partial charge in [0.05, 0.1) is 17.4 Å². The Bertz CT molecular complexity index is 1400. The Morgan fingerprint density at radius 1 is 0.703 bits per heavy atom. The number of rotatable bonds is 6. The van der Waals surface area contributed by atoms with Crippen LogP contribution in [0, 0.1) is 0 Å². The predicted molar refractivity (Wildman–Crippen MR) is 151 cm³/mol. The number of anilines is 3. The zero-order valence-electron chi connectivity index (χ0n) is 21.1. The molecule has 1 aliphatic carbocycles. The average molecular weight is 491 g/mol. The van der Waals surface area contributed by atoms with Crippen LogP contribution in [-0.4, -0.2) is 36.0 Å². The van der Waals surface area contributed by atoms with Gasteiger partial charge in [-0.3, -0.25) is 0 Å². The van der Waals surface area contributed by atoms with E-state index in [4.69, 9.17) is 14.9 Å². The minimum atomic E-state index is 0.343. The van der Waals surface area contributed by atoms with Gasteiger partial charge in [-0.05, 0) is 56.7 Å². The highest BCUT2D eigenvalue weighted by atomic mass is 16.5. The molecule has 2 heterocycles. The first-order chi connectivity index (χ1) is 18.1. The van der Waals surface area contributed by atoms with Crippen LogP contribution in [0.2, 0.25) is 0 Å². The van der Waals surface area contributed by atoms with Crippen LogP contribution in [0.3, 0.4) is 0 Å². The summed E-state index contributed by atoms with van der Waals surface area (Å²) in [6.07, 6.45) is 9.65. The van der Waals surface area contributed by atoms with Crippen molar-refractivity contribution in [1.29, 1.82) is 0 Å². The van der Waals surface area contributed by atoms with Gasteiger partial charge in [-0.1, -0.05) is 54.6 Å². The molecule has 7 nitrogen and oxygen atoms in total. The number of para-hydroxylation sites is 1. The van der Waals surface area contributed by atoms with Crippen molar-refractivity contribution in [3.63, 3.8) is 0 Å². The van der Waals surface area contributed by atoms with Gasteiger partial charge in [-0.15, -0.1) is 0 Å². The molecule has 7 heteroatoms. The molecular weight excluding hydrogens is 460 g/mol. The molecule has 6 rings (SSSR count). The molecule has 1 atom stereocenters. The van der Waals surface area contributed by atoms with Crippen molar-refractivity contribution in [3.05, 3.63) is 103 Å². The van der Waals surface area contributed by atoms with Gasteiger partial charge in [0.1, 0.15) is 36.5 Å². The van der Waals surface area contributed by atoms with Crippen LogP contribution in [0.4, 0.5) is 17.1 Å². The Hall–Kier alpha value is -4.52. The first-order valence-electron chi connectivity index (χ1n) is 12.6. The molecule has 0 spiro atoms. The topological polar surface area (TPSA) is 46.9 Å². The van der Waals surface area contributed by atoms with Crippen molar-refractivity contribution in [3.8, 4) is 11.5 Å². The van der Waals surface area contributed by atoms with E-state index < -0.39 is 0 Å². The molecule has 0 fully saturated rings. The fraction of sp³-hybridized carbons (Fsp3) is 0.200. The molecule has 3 aromatic rings. The largest absolute Gasteiger partial charge is 0.457 e. The maximum absolute atomic E-state index is 6.29. The second kappa shape index (κ2) is 9.85. The summed E-state index contributed by atoms with van der Waals surface area (Å²) in [5.74, 6) is 3.52. The number of ether oxygens (including phenoxy) is 1. The van der Waals surface area contributed by atoms with E-state index >= 15 is 0 Å². The van der Waals surface area contributed by atoms with Gasteiger partial charge in [0.25, 0.3) is 0 Å². The highest BCUT2D eigenvalue weighted by Crippen LogP contribution is 2.32. The van der Waals surface area contributed by atoms with Crippen LogP contribution in [0.15, 0.2) is 113 Å². The normalized spacial score (nSPS) is 18.9. The van der Waals surface area contributed by atoms with Crippen molar-refractivity contribution >= 4 is 28.7 Å². The lowest BCUT2D eigenvalue weighted by molar-refractivity contribution is 0.379. The molecule has 0 amide bonds. The second-order valence-corrected chi connectivity index (χ2v) is 9.32. The zero-order chi connectivity index (χ0) is 25.2. The molecule has 3 aromatic carbocycles. The van der Waals surface area contributed by atoms with E-state index in [0.717, 1.165) is 53.3 Å². The fourth-order valence-electron chi connectivity index (χ4n) is 4.86. The van der Waals surface area contributed by atoms with Crippen LogP contribution >= 0.6 is 0 Å². The SMILES string of the molecule is CC1=NN(c2cccc(Oc3cccc(N4CN([C@@H]5C=CC=CC5)C(C)=N4)c3)c2)CN1c1ccccc1. The van der Waals surface area contributed by atoms with Gasteiger partial charge in [0.2, 0.25) is 0 Å². The average Bonchev–Trinajstić information content (AvgIpc) is 3.53. The van der Waals surface area contributed by atoms with E-state index in [2.05, 4.69) is 65.3 Å². The molecule has 186 valence electrons. The van der Waals surface area contributed by atoms with Crippen LogP contribution in [0.25, 0.3) is 0 Å². The van der Waals surface area contributed by atoms with Crippen molar-refractivity contribution in [2.75, 3.05) is 28.3 Å². The van der Waals surface area contributed by atoms with Crippen LogP contribution in [0.1, 0.15) is 20.3 Å². The molecule has 0 N–H and O–H groups in total. The quantitative estimate of drug-likeness (QED) is 0.400. The van der Waals surface area contributed by atoms with E-state index in [1.165, 1.54) is 0 Å². The number of allylic oxidation sites excluding steroid dienone is 2. The second-order valence-electron chi connectivity index (χ2n) is 9.32. The zero-order valence-corrected chi connectivity index (χ0v) is 21.1. The first-order valence-corrected chi connectivity index (χ1v) is 12.6. The third-order valence-corrected chi connectivity index (χ3v) is 6.79. The Kier molecular flexibility index (Phi) is 6.10. The van der Waals surface area contributed by atoms with Crippen LogP contribution in [0.5, 0.6) is 11.5 Å². The summed E-state index contributed by atoms with van der Waals surface area (Å²) >= 11 is 0. The third kappa shape index (κ3) is 4.80. The Morgan fingerprint density at radius 2 is 1.35 bits per heavy atom. The minimum absolute atomic E-state index is 0.343. The summed E-state index contributed by atoms with van der Waals surface area (Å²) in [7, 11) is 0. The molecule has 2 aliphatic heterocycles. The molecule has 0 aromatic heterocycles. The van der Waals surface area contributed by atoms with Gasteiger partial charge in [-0.25, -0.2) is 10.0 Å². The van der Waals surface area contributed by atoms with Crippen LogP contribution in [-0.2, 0) is 0 Å². The van der Waals surface area contributed by atoms with E-state index in [1.807, 2.05) is 71.5 Å². The number of benzene rings is 3. The molecule has 0 unspecified atom stereocenters. The van der Waals surface area contributed by atoms with Crippen molar-refractivity contribution in [1.82, 2.24) is 4.90 Å². The van der Waals surface area contributed by atoms with Gasteiger partial charge in [-0.2, -0.15) is 10.2 Å². The predicted octanol–water partition coefficient (Wildman–Crippen LogP) is 6.39. The van der Waals surface area contributed by atoms with Gasteiger partial charge in [0, 0.05) is 17.8 Å². The number of hydrogen-bond donors (Lipinski definition) is 0. The van der Waals surface area contributed by atoms with E-state index in [9.17, 15) is 0 Å². The molecule has 0 saturated carbocycles. The maximum Gasteiger partial charge on any atom is 0.129 e. The molecule has 0 radical (unpaired) electrons. The Balaban J connectivity index is 1.15.